The minimum absolute atomic E-state index is 0.0194. The van der Waals surface area contributed by atoms with E-state index in [4.69, 9.17) is 10.5 Å². The van der Waals surface area contributed by atoms with Crippen LogP contribution in [0.4, 0.5) is 0 Å². The van der Waals surface area contributed by atoms with Crippen LogP contribution >= 0.6 is 0 Å². The molecule has 1 aromatic carbocycles. The van der Waals surface area contributed by atoms with Gasteiger partial charge in [-0.2, -0.15) is 4.80 Å². The van der Waals surface area contributed by atoms with E-state index in [1.165, 1.54) is 10.4 Å². The van der Waals surface area contributed by atoms with Crippen molar-refractivity contribution in [3.05, 3.63) is 35.7 Å². The Bertz CT molecular complexity index is 525. The number of aromatic nitrogens is 4. The van der Waals surface area contributed by atoms with Crippen LogP contribution in [-0.2, 0) is 13.5 Å². The highest BCUT2D eigenvalue weighted by molar-refractivity contribution is 5.27. The van der Waals surface area contributed by atoms with E-state index in [-0.39, 0.29) is 6.04 Å². The molecule has 0 radical (unpaired) electrons. The summed E-state index contributed by atoms with van der Waals surface area (Å²) in [7, 11) is 1.74. The molecule has 2 N–H and O–H groups in total. The lowest BCUT2D eigenvalue weighted by molar-refractivity contribution is 0.296. The van der Waals surface area contributed by atoms with E-state index in [0.717, 1.165) is 12.2 Å². The van der Waals surface area contributed by atoms with Crippen LogP contribution in [0.5, 0.6) is 5.75 Å². The van der Waals surface area contributed by atoms with Gasteiger partial charge >= 0.3 is 0 Å². The number of tetrazole rings is 1. The zero-order valence-corrected chi connectivity index (χ0v) is 11.3. The van der Waals surface area contributed by atoms with Crippen LogP contribution < -0.4 is 10.5 Å². The average molecular weight is 261 g/mol. The summed E-state index contributed by atoms with van der Waals surface area (Å²) in [6.45, 7) is 2.63. The zero-order chi connectivity index (χ0) is 13.7. The molecule has 1 heterocycles. The maximum Gasteiger partial charge on any atom is 0.176 e. The predicted molar refractivity (Wildman–Crippen MR) is 71.8 cm³/mol. The van der Waals surface area contributed by atoms with Crippen LogP contribution in [0.2, 0.25) is 0 Å². The van der Waals surface area contributed by atoms with Gasteiger partial charge < -0.3 is 10.5 Å². The molecule has 1 aromatic heterocycles. The molecule has 0 saturated carbocycles. The van der Waals surface area contributed by atoms with Crippen molar-refractivity contribution in [2.75, 3.05) is 6.61 Å². The van der Waals surface area contributed by atoms with Crippen LogP contribution in [0.15, 0.2) is 24.3 Å². The second kappa shape index (κ2) is 6.29. The summed E-state index contributed by atoms with van der Waals surface area (Å²) in [5.74, 6) is 1.55. The number of hydrogen-bond acceptors (Lipinski definition) is 5. The van der Waals surface area contributed by atoms with E-state index < -0.39 is 0 Å². The monoisotopic (exact) mass is 261 g/mol. The van der Waals surface area contributed by atoms with Crippen LogP contribution in [0.25, 0.3) is 0 Å². The van der Waals surface area contributed by atoms with Gasteiger partial charge in [0.15, 0.2) is 5.82 Å². The van der Waals surface area contributed by atoms with Gasteiger partial charge in [-0.1, -0.05) is 12.1 Å². The number of nitrogens with zero attached hydrogens (tertiary/aromatic N) is 4. The quantitative estimate of drug-likeness (QED) is 0.834. The molecule has 6 nitrogen and oxygen atoms in total. The predicted octanol–water partition coefficient (Wildman–Crippen LogP) is 0.857. The second-order valence-corrected chi connectivity index (χ2v) is 4.61. The van der Waals surface area contributed by atoms with Crippen LogP contribution in [0, 0.1) is 6.92 Å². The average Bonchev–Trinajstić information content (AvgIpc) is 2.75. The summed E-state index contributed by atoms with van der Waals surface area (Å²) >= 11 is 0. The fourth-order valence-electron chi connectivity index (χ4n) is 1.77. The summed E-state index contributed by atoms with van der Waals surface area (Å²) in [4.78, 5) is 1.44. The van der Waals surface area contributed by atoms with E-state index in [1.54, 1.807) is 7.05 Å². The van der Waals surface area contributed by atoms with Crippen molar-refractivity contribution < 1.29 is 4.74 Å². The number of aryl methyl sites for hydroxylation is 2. The van der Waals surface area contributed by atoms with E-state index in [9.17, 15) is 0 Å². The number of nitrogens with two attached hydrogens (primary N) is 1. The van der Waals surface area contributed by atoms with Gasteiger partial charge in [-0.05, 0) is 36.3 Å². The lowest BCUT2D eigenvalue weighted by Gasteiger charge is -2.11. The minimum atomic E-state index is -0.0194. The topological polar surface area (TPSA) is 78.9 Å². The van der Waals surface area contributed by atoms with E-state index >= 15 is 0 Å². The molecule has 1 atom stereocenters. The first-order valence-electron chi connectivity index (χ1n) is 6.31. The van der Waals surface area contributed by atoms with E-state index in [1.807, 2.05) is 31.2 Å². The Labute approximate surface area is 112 Å². The Hall–Kier alpha value is -1.95. The van der Waals surface area contributed by atoms with Gasteiger partial charge in [-0.3, -0.25) is 0 Å². The first-order chi connectivity index (χ1) is 9.13. The molecule has 19 heavy (non-hydrogen) atoms. The Morgan fingerprint density at radius 3 is 2.95 bits per heavy atom. The molecule has 0 fully saturated rings. The molecule has 6 heteroatoms. The fourth-order valence-corrected chi connectivity index (χ4v) is 1.77. The summed E-state index contributed by atoms with van der Waals surface area (Å²) in [5, 5.41) is 11.8. The molecular formula is C13H19N5O. The van der Waals surface area contributed by atoms with Crippen LogP contribution in [0.3, 0.4) is 0 Å². The molecule has 0 aliphatic carbocycles. The van der Waals surface area contributed by atoms with Gasteiger partial charge in [-0.25, -0.2) is 0 Å². The molecule has 2 rings (SSSR count). The van der Waals surface area contributed by atoms with Crippen molar-refractivity contribution in [2.45, 2.75) is 25.8 Å². The molecule has 0 spiro atoms. The van der Waals surface area contributed by atoms with Gasteiger partial charge in [0.05, 0.1) is 13.7 Å². The number of benzene rings is 1. The Balaban J connectivity index is 1.73. The highest BCUT2D eigenvalue weighted by atomic mass is 16.5. The van der Waals surface area contributed by atoms with Crippen molar-refractivity contribution in [2.24, 2.45) is 12.8 Å². The smallest absolute Gasteiger partial charge is 0.176 e. The molecule has 0 amide bonds. The summed E-state index contributed by atoms with van der Waals surface area (Å²) in [6, 6.07) is 7.96. The van der Waals surface area contributed by atoms with Gasteiger partial charge in [0.2, 0.25) is 0 Å². The molecule has 102 valence electrons. The Morgan fingerprint density at radius 1 is 1.42 bits per heavy atom. The summed E-state index contributed by atoms with van der Waals surface area (Å²) in [5.41, 5.74) is 7.20. The third kappa shape index (κ3) is 4.33. The lowest BCUT2D eigenvalue weighted by atomic mass is 10.1. The molecule has 1 unspecified atom stereocenters. The highest BCUT2D eigenvalue weighted by Crippen LogP contribution is 2.12. The third-order valence-corrected chi connectivity index (χ3v) is 2.74. The molecule has 0 aliphatic heterocycles. The number of ether oxygens (including phenoxy) is 1. The Kier molecular flexibility index (Phi) is 4.46. The first-order valence-corrected chi connectivity index (χ1v) is 6.31. The Morgan fingerprint density at radius 2 is 2.26 bits per heavy atom. The first kappa shape index (κ1) is 13.5. The minimum Gasteiger partial charge on any atom is -0.494 e. The SMILES string of the molecule is Cc1cccc(OCCC(N)Cc2nnn(C)n2)c1. The van der Waals surface area contributed by atoms with Crippen molar-refractivity contribution in [1.29, 1.82) is 0 Å². The van der Waals surface area contributed by atoms with Crippen molar-refractivity contribution in [3.8, 4) is 5.75 Å². The normalized spacial score (nSPS) is 12.4. The zero-order valence-electron chi connectivity index (χ0n) is 11.3. The van der Waals surface area contributed by atoms with Crippen molar-refractivity contribution in [1.82, 2.24) is 20.2 Å². The van der Waals surface area contributed by atoms with E-state index in [0.29, 0.717) is 18.9 Å². The third-order valence-electron chi connectivity index (χ3n) is 2.74. The van der Waals surface area contributed by atoms with Crippen molar-refractivity contribution >= 4 is 0 Å². The van der Waals surface area contributed by atoms with Gasteiger partial charge in [0, 0.05) is 12.5 Å². The summed E-state index contributed by atoms with van der Waals surface area (Å²) in [6.07, 6.45) is 1.37. The molecule has 2 aromatic rings. The number of hydrogen-bond donors (Lipinski definition) is 1. The molecular weight excluding hydrogens is 242 g/mol. The second-order valence-electron chi connectivity index (χ2n) is 4.61. The fraction of sp³-hybridized carbons (Fsp3) is 0.462. The standard InChI is InChI=1S/C13H19N5O/c1-10-4-3-5-12(8-10)19-7-6-11(14)9-13-15-17-18(2)16-13/h3-5,8,11H,6-7,9,14H2,1-2H3. The van der Waals surface area contributed by atoms with Gasteiger partial charge in [0.25, 0.3) is 0 Å². The van der Waals surface area contributed by atoms with Crippen LogP contribution in [-0.4, -0.2) is 32.9 Å². The molecule has 0 bridgehead atoms. The molecule has 0 aliphatic rings. The van der Waals surface area contributed by atoms with Gasteiger partial charge in [-0.15, -0.1) is 10.2 Å². The van der Waals surface area contributed by atoms with Gasteiger partial charge in [0.1, 0.15) is 5.75 Å². The molecule has 0 saturated heterocycles. The van der Waals surface area contributed by atoms with E-state index in [2.05, 4.69) is 15.4 Å². The maximum absolute atomic E-state index is 6.01. The lowest BCUT2D eigenvalue weighted by Crippen LogP contribution is -2.26. The number of rotatable bonds is 6. The summed E-state index contributed by atoms with van der Waals surface area (Å²) < 4.78 is 5.66. The maximum atomic E-state index is 6.01. The highest BCUT2D eigenvalue weighted by Gasteiger charge is 2.08. The van der Waals surface area contributed by atoms with Crippen molar-refractivity contribution in [3.63, 3.8) is 0 Å². The van der Waals surface area contributed by atoms with Crippen LogP contribution in [0.1, 0.15) is 17.8 Å². The largest absolute Gasteiger partial charge is 0.494 e.